The lowest BCUT2D eigenvalue weighted by atomic mass is 9.62. The van der Waals surface area contributed by atoms with E-state index in [0.717, 1.165) is 34.9 Å². The van der Waals surface area contributed by atoms with Crippen molar-refractivity contribution in [3.8, 4) is 0 Å². The van der Waals surface area contributed by atoms with Crippen LogP contribution in [0.15, 0.2) is 33.5 Å². The Bertz CT molecular complexity index is 1060. The Morgan fingerprint density at radius 3 is 2.27 bits per heavy atom. The standard InChI is InChI=1S/C24H28N2O3S/c1-13-9-17-18(24(4,5)8-7-23(17,2)3)11-15(13)16-10-14(12-25-21(16)29-6)19-20(27)26-22(28)30-19/h9,11-12H,7-8,10H2,1-6H3,(H,26,27,28). The molecule has 0 unspecified atom stereocenters. The molecule has 0 radical (unpaired) electrons. The van der Waals surface area contributed by atoms with Crippen LogP contribution in [0.25, 0.3) is 5.57 Å². The second-order valence-corrected chi connectivity index (χ2v) is 10.6. The lowest BCUT2D eigenvalue weighted by Crippen LogP contribution is -2.34. The van der Waals surface area contributed by atoms with E-state index in [4.69, 9.17) is 4.74 Å². The zero-order chi connectivity index (χ0) is 21.8. The number of amides is 2. The minimum absolute atomic E-state index is 0.0912. The molecule has 0 atom stereocenters. The number of benzene rings is 1. The van der Waals surface area contributed by atoms with Gasteiger partial charge in [0.15, 0.2) is 0 Å². The summed E-state index contributed by atoms with van der Waals surface area (Å²) >= 11 is 0.938. The second kappa shape index (κ2) is 7.12. The number of carbonyl (C=O) groups is 2. The average Bonchev–Trinajstić information content (AvgIpc) is 3.03. The van der Waals surface area contributed by atoms with Gasteiger partial charge in [0.25, 0.3) is 11.1 Å². The van der Waals surface area contributed by atoms with Gasteiger partial charge in [-0.2, -0.15) is 0 Å². The summed E-state index contributed by atoms with van der Waals surface area (Å²) in [5.74, 6) is 0.210. The second-order valence-electron chi connectivity index (χ2n) is 9.60. The van der Waals surface area contributed by atoms with Crippen LogP contribution in [-0.2, 0) is 20.4 Å². The Kier molecular flexibility index (Phi) is 4.96. The van der Waals surface area contributed by atoms with Crippen molar-refractivity contribution in [1.29, 1.82) is 0 Å². The highest BCUT2D eigenvalue weighted by Gasteiger charge is 2.38. The van der Waals surface area contributed by atoms with Gasteiger partial charge in [-0.3, -0.25) is 14.9 Å². The summed E-state index contributed by atoms with van der Waals surface area (Å²) in [5.41, 5.74) is 6.98. The van der Waals surface area contributed by atoms with Crippen molar-refractivity contribution in [2.24, 2.45) is 4.99 Å². The number of allylic oxidation sites excluding steroid dienone is 2. The predicted octanol–water partition coefficient (Wildman–Crippen LogP) is 5.37. The number of aryl methyl sites for hydroxylation is 1. The maximum absolute atomic E-state index is 12.2. The molecule has 6 heteroatoms. The summed E-state index contributed by atoms with van der Waals surface area (Å²) in [5, 5.41) is 1.99. The summed E-state index contributed by atoms with van der Waals surface area (Å²) < 4.78 is 5.59. The van der Waals surface area contributed by atoms with E-state index in [0.29, 0.717) is 17.2 Å². The number of nitrogens with one attached hydrogen (secondary N) is 1. The quantitative estimate of drug-likeness (QED) is 0.648. The van der Waals surface area contributed by atoms with Crippen LogP contribution in [0.5, 0.6) is 0 Å². The molecule has 1 saturated heterocycles. The van der Waals surface area contributed by atoms with E-state index in [1.54, 1.807) is 13.3 Å². The van der Waals surface area contributed by atoms with E-state index >= 15 is 0 Å². The Morgan fingerprint density at radius 2 is 1.70 bits per heavy atom. The van der Waals surface area contributed by atoms with Crippen molar-refractivity contribution in [3.63, 3.8) is 0 Å². The molecule has 1 N–H and O–H groups in total. The van der Waals surface area contributed by atoms with Crippen molar-refractivity contribution >= 4 is 34.7 Å². The van der Waals surface area contributed by atoms with Gasteiger partial charge in [0.1, 0.15) is 0 Å². The first-order valence-electron chi connectivity index (χ1n) is 10.3. The van der Waals surface area contributed by atoms with Crippen LogP contribution in [0, 0.1) is 6.92 Å². The monoisotopic (exact) mass is 424 g/mol. The largest absolute Gasteiger partial charge is 0.481 e. The number of methoxy groups -OCH3 is 1. The molecule has 2 heterocycles. The maximum Gasteiger partial charge on any atom is 0.290 e. The highest BCUT2D eigenvalue weighted by Crippen LogP contribution is 2.48. The van der Waals surface area contributed by atoms with Crippen LogP contribution in [0.4, 0.5) is 4.79 Å². The van der Waals surface area contributed by atoms with Gasteiger partial charge in [0.05, 0.1) is 12.0 Å². The summed E-state index contributed by atoms with van der Waals surface area (Å²) in [7, 11) is 1.62. The Labute approximate surface area is 182 Å². The molecule has 1 aliphatic carbocycles. The van der Waals surface area contributed by atoms with Crippen molar-refractivity contribution in [3.05, 3.63) is 50.7 Å². The fourth-order valence-electron chi connectivity index (χ4n) is 4.62. The number of nitrogens with zero attached hydrogens (tertiary/aromatic N) is 1. The third kappa shape index (κ3) is 3.41. The highest BCUT2D eigenvalue weighted by molar-refractivity contribution is 8.18. The predicted molar refractivity (Wildman–Crippen MR) is 122 cm³/mol. The Balaban J connectivity index is 1.86. The molecule has 1 fully saturated rings. The molecule has 2 aliphatic heterocycles. The summed E-state index contributed by atoms with van der Waals surface area (Å²) in [6.07, 6.45) is 4.44. The molecular formula is C24H28N2O3S. The minimum Gasteiger partial charge on any atom is -0.481 e. The van der Waals surface area contributed by atoms with E-state index in [1.807, 2.05) is 0 Å². The number of hydrogen-bond acceptors (Lipinski definition) is 5. The molecule has 0 aromatic heterocycles. The van der Waals surface area contributed by atoms with E-state index in [2.05, 4.69) is 57.1 Å². The van der Waals surface area contributed by atoms with Gasteiger partial charge in [-0.25, -0.2) is 4.99 Å². The highest BCUT2D eigenvalue weighted by atomic mass is 32.2. The number of imide groups is 1. The summed E-state index contributed by atoms with van der Waals surface area (Å²) in [6.45, 7) is 11.4. The van der Waals surface area contributed by atoms with Crippen LogP contribution in [0.2, 0.25) is 0 Å². The maximum atomic E-state index is 12.2. The molecule has 0 spiro atoms. The van der Waals surface area contributed by atoms with Crippen LogP contribution in [0.3, 0.4) is 0 Å². The number of fused-ring (bicyclic) bond motifs is 1. The fourth-order valence-corrected chi connectivity index (χ4v) is 5.35. The van der Waals surface area contributed by atoms with E-state index in [1.165, 1.54) is 23.1 Å². The molecule has 3 aliphatic rings. The van der Waals surface area contributed by atoms with Gasteiger partial charge in [-0.15, -0.1) is 0 Å². The molecule has 30 heavy (non-hydrogen) atoms. The normalized spacial score (nSPS) is 24.7. The van der Waals surface area contributed by atoms with Crippen molar-refractivity contribution in [1.82, 2.24) is 5.32 Å². The average molecular weight is 425 g/mol. The third-order valence-corrected chi connectivity index (χ3v) is 7.53. The fraction of sp³-hybridized carbons (Fsp3) is 0.458. The molecule has 0 bridgehead atoms. The first-order chi connectivity index (χ1) is 14.0. The van der Waals surface area contributed by atoms with E-state index in [-0.39, 0.29) is 22.0 Å². The Hall–Kier alpha value is -2.34. The molecule has 158 valence electrons. The zero-order valence-electron chi connectivity index (χ0n) is 18.4. The first-order valence-corrected chi connectivity index (χ1v) is 11.1. The smallest absolute Gasteiger partial charge is 0.290 e. The number of thioether (sulfide) groups is 1. The first kappa shape index (κ1) is 20.9. The summed E-state index contributed by atoms with van der Waals surface area (Å²) in [6, 6.07) is 4.62. The molecule has 0 saturated carbocycles. The van der Waals surface area contributed by atoms with Gasteiger partial charge in [-0.1, -0.05) is 39.8 Å². The molecule has 1 aromatic rings. The number of rotatable bonds is 2. The van der Waals surface area contributed by atoms with Crippen LogP contribution >= 0.6 is 11.8 Å². The van der Waals surface area contributed by atoms with Crippen molar-refractivity contribution in [2.45, 2.75) is 64.7 Å². The van der Waals surface area contributed by atoms with Crippen LogP contribution in [0.1, 0.15) is 69.2 Å². The van der Waals surface area contributed by atoms with Crippen LogP contribution in [-0.4, -0.2) is 24.5 Å². The third-order valence-electron chi connectivity index (χ3n) is 6.59. The van der Waals surface area contributed by atoms with Gasteiger partial charge in [-0.05, 0) is 70.2 Å². The van der Waals surface area contributed by atoms with Gasteiger partial charge < -0.3 is 4.74 Å². The topological polar surface area (TPSA) is 67.8 Å². The van der Waals surface area contributed by atoms with Crippen molar-refractivity contribution < 1.29 is 14.3 Å². The molecule has 1 aromatic carbocycles. The van der Waals surface area contributed by atoms with Crippen molar-refractivity contribution in [2.75, 3.05) is 7.11 Å². The number of aliphatic imine (C=N–C) groups is 1. The van der Waals surface area contributed by atoms with Gasteiger partial charge >= 0.3 is 0 Å². The molecular weight excluding hydrogens is 396 g/mol. The molecule has 5 nitrogen and oxygen atoms in total. The van der Waals surface area contributed by atoms with Gasteiger partial charge in [0.2, 0.25) is 5.88 Å². The van der Waals surface area contributed by atoms with Gasteiger partial charge in [0, 0.05) is 18.2 Å². The SMILES string of the molecule is COC1=C(c2cc3c(cc2C)C(C)(C)CCC3(C)C)CC(=C2SC(=O)NC2=O)C=N1. The zero-order valence-corrected chi connectivity index (χ0v) is 19.3. The lowest BCUT2D eigenvalue weighted by Gasteiger charge is -2.42. The van der Waals surface area contributed by atoms with E-state index in [9.17, 15) is 9.59 Å². The number of carbonyl (C=O) groups excluding carboxylic acids is 2. The summed E-state index contributed by atoms with van der Waals surface area (Å²) in [4.78, 5) is 28.7. The Morgan fingerprint density at radius 1 is 1.07 bits per heavy atom. The number of hydrogen-bond donors (Lipinski definition) is 1. The van der Waals surface area contributed by atoms with Crippen LogP contribution < -0.4 is 5.32 Å². The minimum atomic E-state index is -0.350. The number of ether oxygens (including phenoxy) is 1. The molecule has 4 rings (SSSR count). The molecule has 2 amide bonds. The van der Waals surface area contributed by atoms with E-state index < -0.39 is 0 Å². The lowest BCUT2D eigenvalue weighted by molar-refractivity contribution is -0.115.